The number of hydrogen-bond donors (Lipinski definition) is 2. The molecule has 1 aromatic rings. The van der Waals surface area contributed by atoms with Crippen LogP contribution in [0.1, 0.15) is 44.5 Å². The second-order valence-electron chi connectivity index (χ2n) is 4.94. The van der Waals surface area contributed by atoms with Gasteiger partial charge in [-0.15, -0.1) is 11.3 Å². The van der Waals surface area contributed by atoms with Crippen molar-refractivity contribution in [3.63, 3.8) is 0 Å². The minimum absolute atomic E-state index is 0.0821. The molecule has 2 N–H and O–H groups in total. The molecule has 1 rings (SSSR count). The van der Waals surface area contributed by atoms with Gasteiger partial charge in [0.05, 0.1) is 6.04 Å². The van der Waals surface area contributed by atoms with Gasteiger partial charge in [0.25, 0.3) is 0 Å². The molecule has 1 aromatic heterocycles. The second kappa shape index (κ2) is 7.54. The zero-order valence-electron chi connectivity index (χ0n) is 11.7. The third kappa shape index (κ3) is 4.42. The van der Waals surface area contributed by atoms with E-state index in [-0.39, 0.29) is 18.0 Å². The van der Waals surface area contributed by atoms with Crippen LogP contribution in [0.3, 0.4) is 0 Å². The van der Waals surface area contributed by atoms with Crippen molar-refractivity contribution in [2.45, 2.75) is 45.7 Å². The first-order valence-corrected chi connectivity index (χ1v) is 7.47. The van der Waals surface area contributed by atoms with E-state index in [1.807, 2.05) is 0 Å². The van der Waals surface area contributed by atoms with E-state index >= 15 is 0 Å². The van der Waals surface area contributed by atoms with Gasteiger partial charge in [-0.3, -0.25) is 10.1 Å². The molecule has 0 aromatic carbocycles. The molecule has 0 aliphatic rings. The largest absolute Gasteiger partial charge is 0.358 e. The monoisotopic (exact) mass is 268 g/mol. The predicted octanol–water partition coefficient (Wildman–Crippen LogP) is 2.95. The maximum absolute atomic E-state index is 11.9. The molecule has 4 heteroatoms. The first kappa shape index (κ1) is 15.2. The van der Waals surface area contributed by atoms with Crippen LogP contribution in [-0.2, 0) is 4.79 Å². The fraction of sp³-hybridized carbons (Fsp3) is 0.643. The van der Waals surface area contributed by atoms with E-state index in [4.69, 9.17) is 0 Å². The highest BCUT2D eigenvalue weighted by atomic mass is 32.1. The number of thiophene rings is 1. The summed E-state index contributed by atoms with van der Waals surface area (Å²) >= 11 is 1.74. The van der Waals surface area contributed by atoms with E-state index in [0.717, 1.165) is 12.8 Å². The van der Waals surface area contributed by atoms with Gasteiger partial charge in [-0.25, -0.2) is 0 Å². The molecule has 18 heavy (non-hydrogen) atoms. The zero-order valence-corrected chi connectivity index (χ0v) is 12.5. The molecule has 3 nitrogen and oxygen atoms in total. The molecule has 2 unspecified atom stereocenters. The summed E-state index contributed by atoms with van der Waals surface area (Å²) in [5.41, 5.74) is 0. The van der Waals surface area contributed by atoms with Crippen LogP contribution in [-0.4, -0.2) is 19.0 Å². The Morgan fingerprint density at radius 2 is 2.17 bits per heavy atom. The summed E-state index contributed by atoms with van der Waals surface area (Å²) in [7, 11) is 1.70. The fourth-order valence-corrected chi connectivity index (χ4v) is 2.90. The molecular formula is C14H24N2OS. The lowest BCUT2D eigenvalue weighted by molar-refractivity contribution is -0.123. The first-order chi connectivity index (χ1) is 8.58. The molecule has 0 saturated carbocycles. The molecule has 0 bridgehead atoms. The van der Waals surface area contributed by atoms with Crippen LogP contribution in [0.25, 0.3) is 0 Å². The lowest BCUT2D eigenvalue weighted by atomic mass is 10.0. The number of likely N-dealkylation sites (N-methyl/N-ethyl adjacent to an activating group) is 1. The van der Waals surface area contributed by atoms with Gasteiger partial charge in [-0.2, -0.15) is 0 Å². The number of carbonyl (C=O) groups excluding carboxylic acids is 1. The molecule has 0 saturated heterocycles. The van der Waals surface area contributed by atoms with Crippen LogP contribution in [0.2, 0.25) is 0 Å². The van der Waals surface area contributed by atoms with E-state index in [0.29, 0.717) is 5.92 Å². The molecule has 2 atom stereocenters. The summed E-state index contributed by atoms with van der Waals surface area (Å²) in [6.07, 6.45) is 1.85. The van der Waals surface area contributed by atoms with Crippen molar-refractivity contribution in [3.8, 4) is 0 Å². The third-order valence-corrected chi connectivity index (χ3v) is 3.95. The Kier molecular flexibility index (Phi) is 6.36. The molecule has 1 amide bonds. The standard InChI is InChI=1S/C14H24N2OS/c1-5-11(13-7-6-8-18-13)16-12(9-10(2)3)14(17)15-4/h6-8,10-12,16H,5,9H2,1-4H3,(H,15,17). The predicted molar refractivity (Wildman–Crippen MR) is 77.8 cm³/mol. The highest BCUT2D eigenvalue weighted by Gasteiger charge is 2.22. The van der Waals surface area contributed by atoms with Crippen molar-refractivity contribution in [1.29, 1.82) is 0 Å². The molecule has 0 spiro atoms. The average molecular weight is 268 g/mol. The maximum Gasteiger partial charge on any atom is 0.236 e. The van der Waals surface area contributed by atoms with E-state index < -0.39 is 0 Å². The van der Waals surface area contributed by atoms with Gasteiger partial charge in [-0.1, -0.05) is 26.8 Å². The normalized spacial score (nSPS) is 14.5. The number of amides is 1. The van der Waals surface area contributed by atoms with Crippen molar-refractivity contribution in [2.75, 3.05) is 7.05 Å². The Balaban J connectivity index is 2.71. The molecule has 0 aliphatic carbocycles. The summed E-state index contributed by atoms with van der Waals surface area (Å²) in [6.45, 7) is 6.43. The number of hydrogen-bond acceptors (Lipinski definition) is 3. The quantitative estimate of drug-likeness (QED) is 0.798. The van der Waals surface area contributed by atoms with E-state index in [1.165, 1.54) is 4.88 Å². The molecule has 0 fully saturated rings. The smallest absolute Gasteiger partial charge is 0.236 e. The zero-order chi connectivity index (χ0) is 13.5. The van der Waals surface area contributed by atoms with Crippen molar-refractivity contribution in [2.24, 2.45) is 5.92 Å². The van der Waals surface area contributed by atoms with Gasteiger partial charge in [0.2, 0.25) is 5.91 Å². The Labute approximate surface area is 114 Å². The summed E-state index contributed by atoms with van der Waals surface area (Å²) in [6, 6.07) is 4.34. The first-order valence-electron chi connectivity index (χ1n) is 6.59. The van der Waals surface area contributed by atoms with Gasteiger partial charge in [0.15, 0.2) is 0 Å². The molecule has 0 aliphatic heterocycles. The van der Waals surface area contributed by atoms with Crippen molar-refractivity contribution in [3.05, 3.63) is 22.4 Å². The number of nitrogens with one attached hydrogen (secondary N) is 2. The molecule has 102 valence electrons. The van der Waals surface area contributed by atoms with Crippen LogP contribution in [0.5, 0.6) is 0 Å². The summed E-state index contributed by atoms with van der Waals surface area (Å²) in [4.78, 5) is 13.2. The molecule has 1 heterocycles. The third-order valence-electron chi connectivity index (χ3n) is 2.97. The highest BCUT2D eigenvalue weighted by molar-refractivity contribution is 7.10. The van der Waals surface area contributed by atoms with Crippen LogP contribution < -0.4 is 10.6 Å². The molecule has 0 radical (unpaired) electrons. The van der Waals surface area contributed by atoms with Crippen LogP contribution >= 0.6 is 11.3 Å². The average Bonchev–Trinajstić information content (AvgIpc) is 2.86. The Morgan fingerprint density at radius 1 is 1.44 bits per heavy atom. The molecular weight excluding hydrogens is 244 g/mol. The van der Waals surface area contributed by atoms with Gasteiger partial charge in [-0.05, 0) is 30.2 Å². The van der Waals surface area contributed by atoms with Crippen LogP contribution in [0, 0.1) is 5.92 Å². The van der Waals surface area contributed by atoms with Crippen LogP contribution in [0.4, 0.5) is 0 Å². The number of carbonyl (C=O) groups is 1. The Bertz CT molecular complexity index is 349. The second-order valence-corrected chi connectivity index (χ2v) is 5.92. The van der Waals surface area contributed by atoms with Crippen molar-refractivity contribution >= 4 is 17.2 Å². The SMILES string of the molecule is CCC(NC(CC(C)C)C(=O)NC)c1cccs1. The Hall–Kier alpha value is -0.870. The van der Waals surface area contributed by atoms with E-state index in [2.05, 4.69) is 48.9 Å². The van der Waals surface area contributed by atoms with Gasteiger partial charge in [0.1, 0.15) is 0 Å². The highest BCUT2D eigenvalue weighted by Crippen LogP contribution is 2.23. The van der Waals surface area contributed by atoms with Gasteiger partial charge in [0, 0.05) is 18.0 Å². The van der Waals surface area contributed by atoms with Gasteiger partial charge < -0.3 is 5.32 Å². The lowest BCUT2D eigenvalue weighted by Crippen LogP contribution is -2.45. The minimum Gasteiger partial charge on any atom is -0.358 e. The topological polar surface area (TPSA) is 41.1 Å². The Morgan fingerprint density at radius 3 is 2.61 bits per heavy atom. The van der Waals surface area contributed by atoms with Crippen LogP contribution in [0.15, 0.2) is 17.5 Å². The summed E-state index contributed by atoms with van der Waals surface area (Å²) in [5, 5.41) is 8.31. The van der Waals surface area contributed by atoms with Gasteiger partial charge >= 0.3 is 0 Å². The van der Waals surface area contributed by atoms with Crippen molar-refractivity contribution < 1.29 is 4.79 Å². The van der Waals surface area contributed by atoms with E-state index in [1.54, 1.807) is 18.4 Å². The maximum atomic E-state index is 11.9. The summed E-state index contributed by atoms with van der Waals surface area (Å²) < 4.78 is 0. The summed E-state index contributed by atoms with van der Waals surface area (Å²) in [5.74, 6) is 0.583. The van der Waals surface area contributed by atoms with E-state index in [9.17, 15) is 4.79 Å². The lowest BCUT2D eigenvalue weighted by Gasteiger charge is -2.24. The fourth-order valence-electron chi connectivity index (χ4n) is 2.03. The number of rotatable bonds is 7. The minimum atomic E-state index is -0.109. The van der Waals surface area contributed by atoms with Crippen molar-refractivity contribution in [1.82, 2.24) is 10.6 Å².